The molecular weight excluding hydrogens is 339 g/mol. The van der Waals surface area contributed by atoms with Crippen LogP contribution in [-0.4, -0.2) is 12.4 Å². The number of rotatable bonds is 3. The summed E-state index contributed by atoms with van der Waals surface area (Å²) in [6.07, 6.45) is -1.70. The minimum absolute atomic E-state index is 0.203. The van der Waals surface area contributed by atoms with E-state index < -0.39 is 21.8 Å². The molecule has 124 valence electrons. The van der Waals surface area contributed by atoms with Crippen LogP contribution in [0.2, 0.25) is 0 Å². The molecule has 1 aromatic heterocycles. The van der Waals surface area contributed by atoms with Crippen LogP contribution in [0.3, 0.4) is 0 Å². The Bertz CT molecular complexity index is 944. The van der Waals surface area contributed by atoms with Crippen molar-refractivity contribution in [1.29, 1.82) is 0 Å². The van der Waals surface area contributed by atoms with Crippen LogP contribution >= 0.6 is 0 Å². The second kappa shape index (κ2) is 5.83. The number of aromatic nitrogens is 1. The molecule has 7 heteroatoms. The maximum absolute atomic E-state index is 12.6. The van der Waals surface area contributed by atoms with Gasteiger partial charge in [-0.05, 0) is 35.9 Å². The van der Waals surface area contributed by atoms with Crippen LogP contribution in [0, 0.1) is 0 Å². The number of hydrogen-bond donors (Lipinski definition) is 0. The zero-order valence-corrected chi connectivity index (χ0v) is 13.1. The third-order valence-electron chi connectivity index (χ3n) is 3.53. The van der Waals surface area contributed by atoms with Crippen LogP contribution in [0.15, 0.2) is 78.0 Å². The second-order valence-electron chi connectivity index (χ2n) is 5.12. The van der Waals surface area contributed by atoms with Crippen LogP contribution in [0.4, 0.5) is 13.2 Å². The molecule has 0 unspecified atom stereocenters. The molecule has 3 rings (SSSR count). The van der Waals surface area contributed by atoms with Gasteiger partial charge < -0.3 is 0 Å². The molecule has 3 aromatic rings. The highest BCUT2D eigenvalue weighted by atomic mass is 32.2. The van der Waals surface area contributed by atoms with E-state index in [0.29, 0.717) is 5.56 Å². The van der Waals surface area contributed by atoms with Crippen LogP contribution in [-0.2, 0) is 16.2 Å². The average molecular weight is 351 g/mol. The number of nitrogens with zero attached hydrogens (tertiary/aromatic N) is 1. The van der Waals surface area contributed by atoms with Gasteiger partial charge in [-0.1, -0.05) is 30.3 Å². The Labute approximate surface area is 137 Å². The Morgan fingerprint density at radius 3 is 2.00 bits per heavy atom. The van der Waals surface area contributed by atoms with Crippen molar-refractivity contribution in [1.82, 2.24) is 3.97 Å². The zero-order chi connectivity index (χ0) is 17.4. The van der Waals surface area contributed by atoms with Gasteiger partial charge in [0.2, 0.25) is 0 Å². The van der Waals surface area contributed by atoms with E-state index in [1.165, 1.54) is 12.4 Å². The van der Waals surface area contributed by atoms with Gasteiger partial charge in [0.05, 0.1) is 10.5 Å². The van der Waals surface area contributed by atoms with E-state index in [9.17, 15) is 21.6 Å². The quantitative estimate of drug-likeness (QED) is 0.701. The van der Waals surface area contributed by atoms with Crippen LogP contribution in [0.5, 0.6) is 0 Å². The Hall–Kier alpha value is -2.54. The molecule has 0 amide bonds. The summed E-state index contributed by atoms with van der Waals surface area (Å²) in [7, 11) is -3.94. The minimum atomic E-state index is -4.50. The molecule has 0 fully saturated rings. The minimum Gasteiger partial charge on any atom is -0.248 e. The fourth-order valence-corrected chi connectivity index (χ4v) is 3.46. The molecule has 0 radical (unpaired) electrons. The van der Waals surface area contributed by atoms with Gasteiger partial charge >= 0.3 is 6.18 Å². The van der Waals surface area contributed by atoms with Gasteiger partial charge in [0.25, 0.3) is 10.0 Å². The third-order valence-corrected chi connectivity index (χ3v) is 5.18. The number of hydrogen-bond acceptors (Lipinski definition) is 2. The fraction of sp³-hybridized carbons (Fsp3) is 0.0588. The lowest BCUT2D eigenvalue weighted by Crippen LogP contribution is -2.12. The van der Waals surface area contributed by atoms with Crippen molar-refractivity contribution >= 4 is 10.0 Å². The van der Waals surface area contributed by atoms with Crippen molar-refractivity contribution in [3.8, 4) is 11.1 Å². The molecule has 0 N–H and O–H groups in total. The molecular formula is C17H12F3NO2S. The van der Waals surface area contributed by atoms with Crippen molar-refractivity contribution in [2.24, 2.45) is 0 Å². The molecule has 0 saturated carbocycles. The molecule has 0 atom stereocenters. The molecule has 0 aliphatic carbocycles. The summed E-state index contributed by atoms with van der Waals surface area (Å²) in [5.74, 6) is 0. The Morgan fingerprint density at radius 2 is 1.42 bits per heavy atom. The van der Waals surface area contributed by atoms with Crippen LogP contribution in [0.1, 0.15) is 5.56 Å². The summed E-state index contributed by atoms with van der Waals surface area (Å²) in [6.45, 7) is 0. The highest BCUT2D eigenvalue weighted by Gasteiger charge is 2.30. The van der Waals surface area contributed by atoms with E-state index in [2.05, 4.69) is 0 Å². The molecule has 0 spiro atoms. The topological polar surface area (TPSA) is 39.1 Å². The van der Waals surface area contributed by atoms with E-state index in [1.807, 2.05) is 30.3 Å². The lowest BCUT2D eigenvalue weighted by molar-refractivity contribution is -0.137. The van der Waals surface area contributed by atoms with E-state index in [0.717, 1.165) is 33.8 Å². The number of benzene rings is 2. The lowest BCUT2D eigenvalue weighted by atomic mass is 10.1. The van der Waals surface area contributed by atoms with Crippen molar-refractivity contribution in [3.05, 3.63) is 78.6 Å². The van der Waals surface area contributed by atoms with Gasteiger partial charge in [-0.2, -0.15) is 13.2 Å². The van der Waals surface area contributed by atoms with E-state index >= 15 is 0 Å². The first kappa shape index (κ1) is 16.3. The largest absolute Gasteiger partial charge is 0.416 e. The molecule has 0 saturated heterocycles. The summed E-state index contributed by atoms with van der Waals surface area (Å²) >= 11 is 0. The Kier molecular flexibility index (Phi) is 3.96. The van der Waals surface area contributed by atoms with Crippen LogP contribution < -0.4 is 0 Å². The molecule has 24 heavy (non-hydrogen) atoms. The van der Waals surface area contributed by atoms with E-state index in [-0.39, 0.29) is 4.90 Å². The average Bonchev–Trinajstić information content (AvgIpc) is 3.06. The molecule has 0 aliphatic rings. The number of alkyl halides is 3. The summed E-state index contributed by atoms with van der Waals surface area (Å²) in [4.78, 5) is -0.203. The summed E-state index contributed by atoms with van der Waals surface area (Å²) < 4.78 is 63.8. The third kappa shape index (κ3) is 3.07. The molecule has 3 nitrogen and oxygen atoms in total. The highest BCUT2D eigenvalue weighted by Crippen LogP contribution is 2.30. The van der Waals surface area contributed by atoms with E-state index in [1.54, 1.807) is 6.07 Å². The Balaban J connectivity index is 1.95. The predicted octanol–water partition coefficient (Wildman–Crippen LogP) is 4.41. The maximum atomic E-state index is 12.6. The monoisotopic (exact) mass is 351 g/mol. The Morgan fingerprint density at radius 1 is 0.792 bits per heavy atom. The summed E-state index contributed by atoms with van der Waals surface area (Å²) in [5.41, 5.74) is 0.656. The standard InChI is InChI=1S/C17H12F3NO2S/c18-17(19,20)15-6-8-16(9-7-15)24(22,23)21-11-10-14(12-21)13-4-2-1-3-5-13/h1-12H. The van der Waals surface area contributed by atoms with Gasteiger partial charge in [-0.25, -0.2) is 12.4 Å². The van der Waals surface area contributed by atoms with Crippen molar-refractivity contribution in [2.75, 3.05) is 0 Å². The molecule has 1 heterocycles. The fourth-order valence-electron chi connectivity index (χ4n) is 2.27. The van der Waals surface area contributed by atoms with Gasteiger partial charge in [0.1, 0.15) is 0 Å². The summed E-state index contributed by atoms with van der Waals surface area (Å²) in [5, 5.41) is 0. The maximum Gasteiger partial charge on any atom is 0.416 e. The lowest BCUT2D eigenvalue weighted by Gasteiger charge is -2.09. The highest BCUT2D eigenvalue weighted by molar-refractivity contribution is 7.90. The first-order valence-electron chi connectivity index (χ1n) is 6.95. The van der Waals surface area contributed by atoms with Gasteiger partial charge in [0, 0.05) is 18.0 Å². The van der Waals surface area contributed by atoms with E-state index in [4.69, 9.17) is 0 Å². The smallest absolute Gasteiger partial charge is 0.248 e. The molecule has 2 aromatic carbocycles. The van der Waals surface area contributed by atoms with Crippen LogP contribution in [0.25, 0.3) is 11.1 Å². The zero-order valence-electron chi connectivity index (χ0n) is 12.2. The second-order valence-corrected chi connectivity index (χ2v) is 6.97. The normalized spacial score (nSPS) is 12.3. The summed E-state index contributed by atoms with van der Waals surface area (Å²) in [6, 6.07) is 14.3. The molecule has 0 bridgehead atoms. The van der Waals surface area contributed by atoms with Gasteiger partial charge in [0.15, 0.2) is 0 Å². The van der Waals surface area contributed by atoms with Crippen molar-refractivity contribution in [2.45, 2.75) is 11.1 Å². The van der Waals surface area contributed by atoms with Gasteiger partial charge in [-0.15, -0.1) is 0 Å². The van der Waals surface area contributed by atoms with Crippen molar-refractivity contribution in [3.63, 3.8) is 0 Å². The SMILES string of the molecule is O=S(=O)(c1ccc(C(F)(F)F)cc1)n1ccc(-c2ccccc2)c1. The number of halogens is 3. The first-order valence-corrected chi connectivity index (χ1v) is 8.39. The molecule has 0 aliphatic heterocycles. The first-order chi connectivity index (χ1) is 11.3. The predicted molar refractivity (Wildman–Crippen MR) is 83.9 cm³/mol. The van der Waals surface area contributed by atoms with Gasteiger partial charge in [-0.3, -0.25) is 0 Å². The van der Waals surface area contributed by atoms with Crippen molar-refractivity contribution < 1.29 is 21.6 Å².